The van der Waals surface area contributed by atoms with Crippen molar-refractivity contribution in [3.63, 3.8) is 0 Å². The molecule has 0 aliphatic carbocycles. The van der Waals surface area contributed by atoms with Gasteiger partial charge in [0.25, 0.3) is 0 Å². The molecule has 20 heavy (non-hydrogen) atoms. The van der Waals surface area contributed by atoms with Gasteiger partial charge in [-0.2, -0.15) is 0 Å². The van der Waals surface area contributed by atoms with E-state index in [0.717, 1.165) is 5.56 Å². The molecule has 0 heterocycles. The lowest BCUT2D eigenvalue weighted by atomic mass is 10.0. The number of aliphatic hydroxyl groups excluding tert-OH is 1. The lowest BCUT2D eigenvalue weighted by Crippen LogP contribution is -2.44. The highest BCUT2D eigenvalue weighted by Gasteiger charge is 2.40. The van der Waals surface area contributed by atoms with Crippen molar-refractivity contribution in [1.82, 2.24) is 0 Å². The molecule has 0 radical (unpaired) electrons. The molecule has 2 nitrogen and oxygen atoms in total. The SMILES string of the molecule is C/C=C/[C@@H](O[Si](C)(C)C(C)(C)C)[C@@H](O)c1ccccc1. The van der Waals surface area contributed by atoms with Crippen LogP contribution in [0.25, 0.3) is 0 Å². The molecular weight excluding hydrogens is 264 g/mol. The number of allylic oxidation sites excluding steroid dienone is 1. The van der Waals surface area contributed by atoms with E-state index < -0.39 is 14.4 Å². The fourth-order valence-electron chi connectivity index (χ4n) is 1.76. The second kappa shape index (κ2) is 6.70. The summed E-state index contributed by atoms with van der Waals surface area (Å²) in [5, 5.41) is 10.7. The molecule has 0 saturated carbocycles. The van der Waals surface area contributed by atoms with E-state index in [1.54, 1.807) is 0 Å². The van der Waals surface area contributed by atoms with Crippen LogP contribution in [0.3, 0.4) is 0 Å². The van der Waals surface area contributed by atoms with Gasteiger partial charge in [0.15, 0.2) is 8.32 Å². The van der Waals surface area contributed by atoms with Crippen LogP contribution in [-0.2, 0) is 4.43 Å². The van der Waals surface area contributed by atoms with Crippen LogP contribution >= 0.6 is 0 Å². The maximum Gasteiger partial charge on any atom is 0.193 e. The van der Waals surface area contributed by atoms with E-state index in [1.165, 1.54) is 0 Å². The van der Waals surface area contributed by atoms with E-state index in [-0.39, 0.29) is 11.1 Å². The molecule has 2 atom stereocenters. The first-order valence-electron chi connectivity index (χ1n) is 7.22. The Labute approximate surface area is 124 Å². The van der Waals surface area contributed by atoms with E-state index in [9.17, 15) is 5.11 Å². The summed E-state index contributed by atoms with van der Waals surface area (Å²) in [5.74, 6) is 0. The predicted molar refractivity (Wildman–Crippen MR) is 88.3 cm³/mol. The maximum atomic E-state index is 10.6. The zero-order valence-corrected chi connectivity index (χ0v) is 14.6. The van der Waals surface area contributed by atoms with Crippen molar-refractivity contribution in [2.24, 2.45) is 0 Å². The minimum atomic E-state index is -1.91. The highest BCUT2D eigenvalue weighted by Crippen LogP contribution is 2.39. The molecule has 0 aliphatic heterocycles. The summed E-state index contributed by atoms with van der Waals surface area (Å²) in [4.78, 5) is 0. The molecule has 0 amide bonds. The molecule has 0 unspecified atom stereocenters. The van der Waals surface area contributed by atoms with Gasteiger partial charge in [0, 0.05) is 0 Å². The van der Waals surface area contributed by atoms with Crippen LogP contribution in [0.4, 0.5) is 0 Å². The topological polar surface area (TPSA) is 29.5 Å². The van der Waals surface area contributed by atoms with Crippen LogP contribution in [0.5, 0.6) is 0 Å². The van der Waals surface area contributed by atoms with Gasteiger partial charge in [0.2, 0.25) is 0 Å². The molecule has 0 aromatic heterocycles. The zero-order chi connectivity index (χ0) is 15.4. The first-order valence-corrected chi connectivity index (χ1v) is 10.1. The Morgan fingerprint density at radius 3 is 2.15 bits per heavy atom. The molecule has 1 N–H and O–H groups in total. The van der Waals surface area contributed by atoms with Gasteiger partial charge in [-0.1, -0.05) is 63.3 Å². The highest BCUT2D eigenvalue weighted by molar-refractivity contribution is 6.74. The minimum Gasteiger partial charge on any atom is -0.408 e. The zero-order valence-electron chi connectivity index (χ0n) is 13.6. The molecule has 3 heteroatoms. The van der Waals surface area contributed by atoms with Crippen LogP contribution in [0.1, 0.15) is 39.4 Å². The summed E-state index contributed by atoms with van der Waals surface area (Å²) in [6.07, 6.45) is 2.99. The predicted octanol–water partition coefficient (Wildman–Crippen LogP) is 4.69. The van der Waals surface area contributed by atoms with Gasteiger partial charge in [0.05, 0.1) is 6.10 Å². The highest BCUT2D eigenvalue weighted by atomic mass is 28.4. The summed E-state index contributed by atoms with van der Waals surface area (Å²) in [6, 6.07) is 9.72. The molecule has 1 rings (SSSR count). The second-order valence-corrected chi connectivity index (χ2v) is 11.5. The molecule has 0 fully saturated rings. The van der Waals surface area contributed by atoms with E-state index in [0.29, 0.717) is 0 Å². The summed E-state index contributed by atoms with van der Waals surface area (Å²) in [5.41, 5.74) is 0.898. The third-order valence-corrected chi connectivity index (χ3v) is 8.55. The number of rotatable bonds is 5. The minimum absolute atomic E-state index is 0.128. The van der Waals surface area contributed by atoms with Gasteiger partial charge >= 0.3 is 0 Å². The Hall–Kier alpha value is -0.903. The fraction of sp³-hybridized carbons (Fsp3) is 0.529. The smallest absolute Gasteiger partial charge is 0.193 e. The summed E-state index contributed by atoms with van der Waals surface area (Å²) < 4.78 is 6.36. The number of hydrogen-bond donors (Lipinski definition) is 1. The first kappa shape index (κ1) is 17.1. The third-order valence-electron chi connectivity index (χ3n) is 4.07. The monoisotopic (exact) mass is 292 g/mol. The van der Waals surface area contributed by atoms with Crippen molar-refractivity contribution in [1.29, 1.82) is 0 Å². The average Bonchev–Trinajstić information content (AvgIpc) is 2.37. The molecule has 0 aliphatic rings. The van der Waals surface area contributed by atoms with Gasteiger partial charge in [-0.15, -0.1) is 0 Å². The first-order chi connectivity index (χ1) is 9.19. The van der Waals surface area contributed by atoms with Crippen molar-refractivity contribution in [3.05, 3.63) is 48.0 Å². The van der Waals surface area contributed by atoms with Crippen LogP contribution in [0.15, 0.2) is 42.5 Å². The largest absolute Gasteiger partial charge is 0.408 e. The molecule has 0 saturated heterocycles. The Morgan fingerprint density at radius 2 is 1.70 bits per heavy atom. The van der Waals surface area contributed by atoms with Crippen LogP contribution < -0.4 is 0 Å². The molecule has 0 bridgehead atoms. The quantitative estimate of drug-likeness (QED) is 0.630. The van der Waals surface area contributed by atoms with Crippen molar-refractivity contribution in [3.8, 4) is 0 Å². The van der Waals surface area contributed by atoms with Crippen LogP contribution in [0.2, 0.25) is 18.1 Å². The van der Waals surface area contributed by atoms with Crippen molar-refractivity contribution >= 4 is 8.32 Å². The van der Waals surface area contributed by atoms with Gasteiger partial charge in [-0.3, -0.25) is 0 Å². The molecule has 112 valence electrons. The Kier molecular flexibility index (Phi) is 5.75. The molecule has 1 aromatic carbocycles. The Morgan fingerprint density at radius 1 is 1.15 bits per heavy atom. The van der Waals surface area contributed by atoms with Gasteiger partial charge in [0.1, 0.15) is 6.10 Å². The lowest BCUT2D eigenvalue weighted by Gasteiger charge is -2.39. The second-order valence-electron chi connectivity index (χ2n) is 6.72. The summed E-state index contributed by atoms with van der Waals surface area (Å²) in [6.45, 7) is 13.0. The van der Waals surface area contributed by atoms with E-state index in [1.807, 2.05) is 49.4 Å². The average molecular weight is 292 g/mol. The van der Waals surface area contributed by atoms with E-state index >= 15 is 0 Å². The molecule has 0 spiro atoms. The number of hydrogen-bond acceptors (Lipinski definition) is 2. The lowest BCUT2D eigenvalue weighted by molar-refractivity contribution is 0.0550. The summed E-state index contributed by atoms with van der Waals surface area (Å²) in [7, 11) is -1.91. The Balaban J connectivity index is 2.96. The number of aliphatic hydroxyl groups is 1. The van der Waals surface area contributed by atoms with Crippen LogP contribution in [0, 0.1) is 0 Å². The standard InChI is InChI=1S/C17H28O2Si/c1-7-11-15(19-20(5,6)17(2,3)4)16(18)14-12-9-8-10-13-14/h7-13,15-16,18H,1-6H3/b11-7+/t15-,16+/m1/s1. The fourth-order valence-corrected chi connectivity index (χ4v) is 3.00. The van der Waals surface area contributed by atoms with E-state index in [4.69, 9.17) is 4.43 Å². The molecular formula is C17H28O2Si. The van der Waals surface area contributed by atoms with Crippen molar-refractivity contribution < 1.29 is 9.53 Å². The third kappa shape index (κ3) is 4.30. The maximum absolute atomic E-state index is 10.6. The number of benzene rings is 1. The van der Waals surface area contributed by atoms with Gasteiger partial charge in [-0.25, -0.2) is 0 Å². The van der Waals surface area contributed by atoms with Gasteiger partial charge < -0.3 is 9.53 Å². The van der Waals surface area contributed by atoms with Crippen molar-refractivity contribution in [2.75, 3.05) is 0 Å². The van der Waals surface area contributed by atoms with Gasteiger partial charge in [-0.05, 0) is 30.6 Å². The molecule has 1 aromatic rings. The van der Waals surface area contributed by atoms with Crippen LogP contribution in [-0.4, -0.2) is 19.5 Å². The Bertz CT molecular complexity index is 432. The normalized spacial score (nSPS) is 16.4. The summed E-state index contributed by atoms with van der Waals surface area (Å²) >= 11 is 0. The van der Waals surface area contributed by atoms with Crippen molar-refractivity contribution in [2.45, 2.75) is 58.0 Å². The van der Waals surface area contributed by atoms with E-state index in [2.05, 4.69) is 33.9 Å².